The zero-order valence-electron chi connectivity index (χ0n) is 5.84. The van der Waals surface area contributed by atoms with Gasteiger partial charge < -0.3 is 0 Å². The van der Waals surface area contributed by atoms with Crippen molar-refractivity contribution in [2.75, 3.05) is 0 Å². The average Bonchev–Trinajstić information content (AvgIpc) is 1.81. The molecule has 0 aromatic heterocycles. The highest BCUT2D eigenvalue weighted by Crippen LogP contribution is 1.73. The van der Waals surface area contributed by atoms with Gasteiger partial charge in [-0.15, -0.1) is 5.53 Å². The number of amides is 2. The van der Waals surface area contributed by atoms with E-state index in [2.05, 4.69) is 5.43 Å². The zero-order valence-corrected chi connectivity index (χ0v) is 5.84. The van der Waals surface area contributed by atoms with E-state index < -0.39 is 5.91 Å². The summed E-state index contributed by atoms with van der Waals surface area (Å²) in [6, 6.07) is 0. The number of hydrogen-bond donors (Lipinski definition) is 3. The van der Waals surface area contributed by atoms with Crippen molar-refractivity contribution in [3.63, 3.8) is 0 Å². The predicted octanol–water partition coefficient (Wildman–Crippen LogP) is -1.74. The molecule has 0 saturated heterocycles. The van der Waals surface area contributed by atoms with Crippen LogP contribution in [0.15, 0.2) is 0 Å². The maximum Gasteiger partial charge on any atom is 0.253 e. The summed E-state index contributed by atoms with van der Waals surface area (Å²) in [7, 11) is 0. The van der Waals surface area contributed by atoms with Crippen LogP contribution in [-0.4, -0.2) is 16.9 Å². The minimum atomic E-state index is -0.391. The first-order chi connectivity index (χ1) is 4.57. The van der Waals surface area contributed by atoms with Crippen molar-refractivity contribution in [3.05, 3.63) is 0 Å². The van der Waals surface area contributed by atoms with Crippen LogP contribution in [0.2, 0.25) is 0 Å². The molecule has 0 heterocycles. The molecule has 0 radical (unpaired) electrons. The number of nitrogens with one attached hydrogen (secondary N) is 2. The molecule has 0 unspecified atom stereocenters. The van der Waals surface area contributed by atoms with Crippen molar-refractivity contribution in [1.29, 1.82) is 0 Å². The van der Waals surface area contributed by atoms with Gasteiger partial charge in [0, 0.05) is 13.8 Å². The van der Waals surface area contributed by atoms with Crippen molar-refractivity contribution in [3.8, 4) is 0 Å². The van der Waals surface area contributed by atoms with E-state index >= 15 is 0 Å². The number of rotatable bonds is 1. The van der Waals surface area contributed by atoms with Gasteiger partial charge >= 0.3 is 0 Å². The second kappa shape index (κ2) is 3.80. The molecule has 0 aliphatic carbocycles. The first-order valence-corrected chi connectivity index (χ1v) is 2.62. The molecule has 0 rings (SSSR count). The fourth-order valence-corrected chi connectivity index (χ4v) is 0.359. The summed E-state index contributed by atoms with van der Waals surface area (Å²) in [6.07, 6.45) is 0. The van der Waals surface area contributed by atoms with Gasteiger partial charge in [-0.3, -0.25) is 15.4 Å². The van der Waals surface area contributed by atoms with Crippen molar-refractivity contribution >= 4 is 11.8 Å². The van der Waals surface area contributed by atoms with Gasteiger partial charge in [0.05, 0.1) is 0 Å². The van der Waals surface area contributed by atoms with Gasteiger partial charge in [-0.25, -0.2) is 5.43 Å². The monoisotopic (exact) mass is 146 g/mol. The molecule has 4 N–H and O–H groups in total. The van der Waals surface area contributed by atoms with E-state index in [0.29, 0.717) is 0 Å². The minimum absolute atomic E-state index is 0.367. The van der Waals surface area contributed by atoms with E-state index in [4.69, 9.17) is 5.84 Å². The molecule has 0 bridgehead atoms. The van der Waals surface area contributed by atoms with E-state index in [1.165, 1.54) is 13.8 Å². The van der Waals surface area contributed by atoms with Crippen LogP contribution in [0.5, 0.6) is 0 Å². The Labute approximate surface area is 58.3 Å². The number of nitrogens with zero attached hydrogens (tertiary/aromatic N) is 1. The Kier molecular flexibility index (Phi) is 3.37. The third-order valence-corrected chi connectivity index (χ3v) is 0.713. The Bertz CT molecular complexity index is 146. The lowest BCUT2D eigenvalue weighted by atomic mass is 10.7. The van der Waals surface area contributed by atoms with Crippen LogP contribution < -0.4 is 16.8 Å². The van der Waals surface area contributed by atoms with Crippen LogP contribution in [0.3, 0.4) is 0 Å². The maximum atomic E-state index is 10.5. The number of hydrazine groups is 3. The number of hydrogen-bond acceptors (Lipinski definition) is 4. The Morgan fingerprint density at radius 3 is 2.00 bits per heavy atom. The highest BCUT2D eigenvalue weighted by Gasteiger charge is 2.05. The molecule has 0 aromatic rings. The lowest BCUT2D eigenvalue weighted by Crippen LogP contribution is -2.55. The normalized spacial score (nSPS) is 8.70. The molecule has 0 spiro atoms. The van der Waals surface area contributed by atoms with E-state index in [-0.39, 0.29) is 5.91 Å². The number of nitrogens with two attached hydrogens (primary N) is 1. The Balaban J connectivity index is 3.83. The molecule has 0 aromatic carbocycles. The topological polar surface area (TPSA) is 87.5 Å². The molecular weight excluding hydrogens is 136 g/mol. The Hall–Kier alpha value is -1.14. The second-order valence-electron chi connectivity index (χ2n) is 1.65. The standard InChI is InChI=1S/C4H10N4O2/c1-3(9)6-8(7-5)4(2)10/h7H,5H2,1-2H3,(H,6,9). The fraction of sp³-hybridized carbons (Fsp3) is 0.500. The smallest absolute Gasteiger partial charge is 0.253 e. The van der Waals surface area contributed by atoms with Gasteiger partial charge in [0.1, 0.15) is 0 Å². The highest BCUT2D eigenvalue weighted by atomic mass is 16.2. The van der Waals surface area contributed by atoms with Crippen LogP contribution in [0, 0.1) is 0 Å². The summed E-state index contributed by atoms with van der Waals surface area (Å²) in [5.74, 6) is 4.10. The molecule has 0 atom stereocenters. The van der Waals surface area contributed by atoms with Crippen LogP contribution in [0.1, 0.15) is 13.8 Å². The minimum Gasteiger partial charge on any atom is -0.274 e. The lowest BCUT2D eigenvalue weighted by Gasteiger charge is -2.17. The molecule has 0 fully saturated rings. The maximum absolute atomic E-state index is 10.5. The molecular formula is C4H10N4O2. The summed E-state index contributed by atoms with van der Waals surface area (Å²) in [4.78, 5) is 20.8. The first-order valence-electron chi connectivity index (χ1n) is 2.62. The van der Waals surface area contributed by atoms with Gasteiger partial charge in [0.15, 0.2) is 0 Å². The van der Waals surface area contributed by atoms with Crippen molar-refractivity contribution in [1.82, 2.24) is 16.1 Å². The quantitative estimate of drug-likeness (QED) is 0.303. The van der Waals surface area contributed by atoms with Gasteiger partial charge in [-0.05, 0) is 0 Å². The van der Waals surface area contributed by atoms with Crippen LogP contribution in [-0.2, 0) is 9.59 Å². The largest absolute Gasteiger partial charge is 0.274 e. The summed E-state index contributed by atoms with van der Waals surface area (Å²) >= 11 is 0. The summed E-state index contributed by atoms with van der Waals surface area (Å²) in [5.41, 5.74) is 4.12. The van der Waals surface area contributed by atoms with Gasteiger partial charge in [-0.1, -0.05) is 0 Å². The third-order valence-electron chi connectivity index (χ3n) is 0.713. The molecule has 0 aliphatic heterocycles. The van der Waals surface area contributed by atoms with E-state index in [1.807, 2.05) is 5.53 Å². The summed E-state index contributed by atoms with van der Waals surface area (Å²) in [5, 5.41) is 0.780. The van der Waals surface area contributed by atoms with E-state index in [0.717, 1.165) is 5.12 Å². The van der Waals surface area contributed by atoms with E-state index in [1.54, 1.807) is 0 Å². The van der Waals surface area contributed by atoms with Gasteiger partial charge in [0.2, 0.25) is 5.91 Å². The highest BCUT2D eigenvalue weighted by molar-refractivity contribution is 5.78. The predicted molar refractivity (Wildman–Crippen MR) is 33.7 cm³/mol. The lowest BCUT2D eigenvalue weighted by molar-refractivity contribution is -0.143. The Morgan fingerprint density at radius 2 is 1.90 bits per heavy atom. The van der Waals surface area contributed by atoms with Crippen LogP contribution in [0.25, 0.3) is 0 Å². The first kappa shape index (κ1) is 8.86. The summed E-state index contributed by atoms with van der Waals surface area (Å²) < 4.78 is 0. The zero-order chi connectivity index (χ0) is 8.15. The SMILES string of the molecule is CC(=O)NN(NN)C(C)=O. The molecule has 58 valence electrons. The molecule has 2 amide bonds. The number of carbonyl (C=O) groups excluding carboxylic acids is 2. The third kappa shape index (κ3) is 3.00. The van der Waals surface area contributed by atoms with Crippen molar-refractivity contribution < 1.29 is 9.59 Å². The average molecular weight is 146 g/mol. The molecule has 6 heteroatoms. The van der Waals surface area contributed by atoms with Crippen LogP contribution in [0.4, 0.5) is 0 Å². The molecule has 10 heavy (non-hydrogen) atoms. The van der Waals surface area contributed by atoms with Gasteiger partial charge in [-0.2, -0.15) is 5.12 Å². The Morgan fingerprint density at radius 1 is 1.40 bits per heavy atom. The molecule has 6 nitrogen and oxygen atoms in total. The van der Waals surface area contributed by atoms with E-state index in [9.17, 15) is 9.59 Å². The van der Waals surface area contributed by atoms with Crippen LogP contribution >= 0.6 is 0 Å². The van der Waals surface area contributed by atoms with Crippen molar-refractivity contribution in [2.24, 2.45) is 5.84 Å². The second-order valence-corrected chi connectivity index (χ2v) is 1.65. The molecule has 0 saturated carbocycles. The van der Waals surface area contributed by atoms with Gasteiger partial charge in [0.25, 0.3) is 5.91 Å². The fourth-order valence-electron chi connectivity index (χ4n) is 0.359. The number of carbonyl (C=O) groups is 2. The molecule has 0 aliphatic rings. The summed E-state index contributed by atoms with van der Waals surface area (Å²) in [6.45, 7) is 2.53. The van der Waals surface area contributed by atoms with Crippen molar-refractivity contribution in [2.45, 2.75) is 13.8 Å².